The minimum atomic E-state index is -0.0663. The number of benzene rings is 1. The summed E-state index contributed by atoms with van der Waals surface area (Å²) >= 11 is 0. The van der Waals surface area contributed by atoms with Crippen LogP contribution < -0.4 is 5.32 Å². The molecule has 0 atom stereocenters. The number of nitrogens with zero attached hydrogens (tertiary/aromatic N) is 2. The molecular formula is C18H23N3O. The molecule has 0 saturated heterocycles. The van der Waals surface area contributed by atoms with E-state index in [1.54, 1.807) is 11.1 Å². The number of hydrogen-bond donors (Lipinski definition) is 1. The summed E-state index contributed by atoms with van der Waals surface area (Å²) < 4.78 is 0. The van der Waals surface area contributed by atoms with Gasteiger partial charge in [0, 0.05) is 37.1 Å². The number of pyridine rings is 1. The summed E-state index contributed by atoms with van der Waals surface area (Å²) in [5, 5.41) is 2.98. The van der Waals surface area contributed by atoms with Crippen molar-refractivity contribution in [3.05, 3.63) is 59.4 Å². The van der Waals surface area contributed by atoms with Gasteiger partial charge in [0.2, 0.25) is 0 Å². The van der Waals surface area contributed by atoms with Crippen LogP contribution in [0.15, 0.2) is 42.6 Å². The highest BCUT2D eigenvalue weighted by atomic mass is 16.2. The SMILES string of the molecule is CCN(CCc1ccccn1)C(=O)Nc1cc(C)cc(C)c1. The maximum Gasteiger partial charge on any atom is 0.321 e. The van der Waals surface area contributed by atoms with Crippen molar-refractivity contribution < 1.29 is 4.79 Å². The van der Waals surface area contributed by atoms with Gasteiger partial charge >= 0.3 is 6.03 Å². The van der Waals surface area contributed by atoms with E-state index in [0.29, 0.717) is 13.1 Å². The normalized spacial score (nSPS) is 10.3. The molecule has 2 rings (SSSR count). The van der Waals surface area contributed by atoms with E-state index in [4.69, 9.17) is 0 Å². The molecule has 0 fully saturated rings. The first-order valence-electron chi connectivity index (χ1n) is 7.62. The molecule has 0 saturated carbocycles. The molecule has 2 amide bonds. The van der Waals surface area contributed by atoms with Crippen LogP contribution in [0.4, 0.5) is 10.5 Å². The number of nitrogens with one attached hydrogen (secondary N) is 1. The summed E-state index contributed by atoms with van der Waals surface area (Å²) in [5.41, 5.74) is 4.14. The Bertz CT molecular complexity index is 605. The average molecular weight is 297 g/mol. The van der Waals surface area contributed by atoms with Crippen molar-refractivity contribution in [3.63, 3.8) is 0 Å². The van der Waals surface area contributed by atoms with Crippen LogP contribution in [0.2, 0.25) is 0 Å². The molecule has 22 heavy (non-hydrogen) atoms. The zero-order valence-corrected chi connectivity index (χ0v) is 13.5. The molecule has 0 aliphatic carbocycles. The molecule has 0 radical (unpaired) electrons. The molecule has 0 aliphatic heterocycles. The van der Waals surface area contributed by atoms with Crippen molar-refractivity contribution >= 4 is 11.7 Å². The molecule has 1 aromatic heterocycles. The summed E-state index contributed by atoms with van der Waals surface area (Å²) in [4.78, 5) is 18.5. The number of anilines is 1. The minimum Gasteiger partial charge on any atom is -0.324 e. The van der Waals surface area contributed by atoms with Gasteiger partial charge < -0.3 is 10.2 Å². The van der Waals surface area contributed by atoms with Crippen LogP contribution in [0.5, 0.6) is 0 Å². The third-order valence-corrected chi connectivity index (χ3v) is 3.51. The lowest BCUT2D eigenvalue weighted by molar-refractivity contribution is 0.215. The first kappa shape index (κ1) is 16.0. The van der Waals surface area contributed by atoms with Crippen LogP contribution in [0, 0.1) is 13.8 Å². The van der Waals surface area contributed by atoms with Crippen molar-refractivity contribution in [1.82, 2.24) is 9.88 Å². The predicted octanol–water partition coefficient (Wildman–Crippen LogP) is 3.79. The summed E-state index contributed by atoms with van der Waals surface area (Å²) in [6.45, 7) is 7.37. The maximum atomic E-state index is 12.4. The molecule has 4 heteroatoms. The molecule has 0 unspecified atom stereocenters. The van der Waals surface area contributed by atoms with Crippen LogP contribution in [0.3, 0.4) is 0 Å². The highest BCUT2D eigenvalue weighted by Gasteiger charge is 2.12. The van der Waals surface area contributed by atoms with E-state index in [0.717, 1.165) is 28.9 Å². The molecule has 0 bridgehead atoms. The van der Waals surface area contributed by atoms with Gasteiger partial charge in [0.1, 0.15) is 0 Å². The van der Waals surface area contributed by atoms with Crippen molar-refractivity contribution in [2.75, 3.05) is 18.4 Å². The predicted molar refractivity (Wildman–Crippen MR) is 90.1 cm³/mol. The highest BCUT2D eigenvalue weighted by molar-refractivity contribution is 5.89. The quantitative estimate of drug-likeness (QED) is 0.912. The van der Waals surface area contributed by atoms with Crippen LogP contribution >= 0.6 is 0 Å². The maximum absolute atomic E-state index is 12.4. The van der Waals surface area contributed by atoms with Crippen LogP contribution in [-0.4, -0.2) is 29.0 Å². The number of hydrogen-bond acceptors (Lipinski definition) is 2. The molecule has 4 nitrogen and oxygen atoms in total. The van der Waals surface area contributed by atoms with E-state index < -0.39 is 0 Å². The van der Waals surface area contributed by atoms with Gasteiger partial charge in [-0.1, -0.05) is 12.1 Å². The fourth-order valence-electron chi connectivity index (χ4n) is 2.45. The molecular weight excluding hydrogens is 274 g/mol. The first-order valence-corrected chi connectivity index (χ1v) is 7.62. The smallest absolute Gasteiger partial charge is 0.321 e. The monoisotopic (exact) mass is 297 g/mol. The lowest BCUT2D eigenvalue weighted by Crippen LogP contribution is -2.36. The zero-order valence-electron chi connectivity index (χ0n) is 13.5. The van der Waals surface area contributed by atoms with Crippen molar-refractivity contribution in [3.8, 4) is 0 Å². The molecule has 0 aliphatic rings. The van der Waals surface area contributed by atoms with Crippen LogP contribution in [0.25, 0.3) is 0 Å². The van der Waals surface area contributed by atoms with Crippen LogP contribution in [-0.2, 0) is 6.42 Å². The topological polar surface area (TPSA) is 45.2 Å². The van der Waals surface area contributed by atoms with Gasteiger partial charge in [-0.3, -0.25) is 4.98 Å². The second kappa shape index (κ2) is 7.59. The van der Waals surface area contributed by atoms with Crippen molar-refractivity contribution in [2.45, 2.75) is 27.2 Å². The zero-order chi connectivity index (χ0) is 15.9. The first-order chi connectivity index (χ1) is 10.6. The molecule has 1 aromatic carbocycles. The minimum absolute atomic E-state index is 0.0663. The van der Waals surface area contributed by atoms with Crippen molar-refractivity contribution in [1.29, 1.82) is 0 Å². The van der Waals surface area contributed by atoms with Gasteiger partial charge in [-0.25, -0.2) is 4.79 Å². The average Bonchev–Trinajstić information content (AvgIpc) is 2.47. The number of amides is 2. The van der Waals surface area contributed by atoms with E-state index >= 15 is 0 Å². The second-order valence-corrected chi connectivity index (χ2v) is 5.46. The van der Waals surface area contributed by atoms with Crippen LogP contribution in [0.1, 0.15) is 23.7 Å². The number of carbonyl (C=O) groups excluding carboxylic acids is 1. The van der Waals surface area contributed by atoms with E-state index in [1.165, 1.54) is 0 Å². The third-order valence-electron chi connectivity index (χ3n) is 3.51. The second-order valence-electron chi connectivity index (χ2n) is 5.46. The largest absolute Gasteiger partial charge is 0.324 e. The lowest BCUT2D eigenvalue weighted by atomic mass is 10.1. The number of rotatable bonds is 5. The Hall–Kier alpha value is -2.36. The fourth-order valence-corrected chi connectivity index (χ4v) is 2.45. The lowest BCUT2D eigenvalue weighted by Gasteiger charge is -2.21. The summed E-state index contributed by atoms with van der Waals surface area (Å²) in [7, 11) is 0. The Morgan fingerprint density at radius 1 is 1.18 bits per heavy atom. The van der Waals surface area contributed by atoms with E-state index in [9.17, 15) is 4.79 Å². The van der Waals surface area contributed by atoms with E-state index in [-0.39, 0.29) is 6.03 Å². The Labute approximate surface area is 132 Å². The Kier molecular flexibility index (Phi) is 5.53. The summed E-state index contributed by atoms with van der Waals surface area (Å²) in [6.07, 6.45) is 2.54. The molecule has 1 heterocycles. The van der Waals surface area contributed by atoms with E-state index in [1.807, 2.05) is 51.1 Å². The number of aromatic nitrogens is 1. The van der Waals surface area contributed by atoms with Crippen molar-refractivity contribution in [2.24, 2.45) is 0 Å². The number of urea groups is 1. The van der Waals surface area contributed by atoms with Gasteiger partial charge in [0.05, 0.1) is 0 Å². The number of carbonyl (C=O) groups is 1. The van der Waals surface area contributed by atoms with Gasteiger partial charge in [-0.05, 0) is 56.2 Å². The van der Waals surface area contributed by atoms with Gasteiger partial charge in [-0.15, -0.1) is 0 Å². The fraction of sp³-hybridized carbons (Fsp3) is 0.333. The Morgan fingerprint density at radius 2 is 1.91 bits per heavy atom. The summed E-state index contributed by atoms with van der Waals surface area (Å²) in [6, 6.07) is 11.8. The Balaban J connectivity index is 1.96. The van der Waals surface area contributed by atoms with Gasteiger partial charge in [-0.2, -0.15) is 0 Å². The van der Waals surface area contributed by atoms with E-state index in [2.05, 4.69) is 16.4 Å². The number of aryl methyl sites for hydroxylation is 2. The molecule has 1 N–H and O–H groups in total. The standard InChI is InChI=1S/C18H23N3O/c1-4-21(10-8-16-7-5-6-9-19-16)18(22)20-17-12-14(2)11-15(3)13-17/h5-7,9,11-13H,4,8,10H2,1-3H3,(H,20,22). The molecule has 116 valence electrons. The van der Waals surface area contributed by atoms with Gasteiger partial charge in [0.15, 0.2) is 0 Å². The molecule has 0 spiro atoms. The van der Waals surface area contributed by atoms with Gasteiger partial charge in [0.25, 0.3) is 0 Å². The highest BCUT2D eigenvalue weighted by Crippen LogP contribution is 2.14. The Morgan fingerprint density at radius 3 is 2.50 bits per heavy atom. The molecule has 2 aromatic rings. The number of likely N-dealkylation sites (N-methyl/N-ethyl adjacent to an activating group) is 1. The third kappa shape index (κ3) is 4.58. The summed E-state index contributed by atoms with van der Waals surface area (Å²) in [5.74, 6) is 0.